The molecule has 2 N–H and O–H groups in total. The van der Waals surface area contributed by atoms with Crippen LogP contribution < -0.4 is 10.6 Å². The maximum atomic E-state index is 12.0. The highest BCUT2D eigenvalue weighted by Crippen LogP contribution is 2.57. The third-order valence-electron chi connectivity index (χ3n) is 3.82. The zero-order chi connectivity index (χ0) is 11.4. The van der Waals surface area contributed by atoms with Crippen molar-refractivity contribution in [2.45, 2.75) is 18.9 Å². The molecule has 0 aromatic carbocycles. The third-order valence-corrected chi connectivity index (χ3v) is 3.82. The molecule has 1 aliphatic heterocycles. The number of nitrogens with zero attached hydrogens (tertiary/aromatic N) is 3. The lowest BCUT2D eigenvalue weighted by Crippen LogP contribution is -2.43. The standard InChI is InChI=1S/C11H14N4O/c1-5-6-7(5)9-10(14-4-3-13-9)15(2)11(16)8(6)12/h3-8H,12H2,1-2H3/t5-,6?,7-,8?/m1/s1. The Morgan fingerprint density at radius 2 is 2.06 bits per heavy atom. The fourth-order valence-electron chi connectivity index (χ4n) is 2.80. The molecule has 2 heterocycles. The Kier molecular flexibility index (Phi) is 1.83. The predicted molar refractivity (Wildman–Crippen MR) is 58.8 cm³/mol. The summed E-state index contributed by atoms with van der Waals surface area (Å²) >= 11 is 0. The molecular formula is C11H14N4O. The molecule has 0 spiro atoms. The lowest BCUT2D eigenvalue weighted by molar-refractivity contribution is -0.120. The van der Waals surface area contributed by atoms with E-state index in [1.54, 1.807) is 19.4 Å². The second kappa shape index (κ2) is 3.01. The molecule has 2 unspecified atom stereocenters. The Hall–Kier alpha value is -1.49. The molecule has 0 bridgehead atoms. The van der Waals surface area contributed by atoms with Gasteiger partial charge in [-0.15, -0.1) is 0 Å². The van der Waals surface area contributed by atoms with Gasteiger partial charge in [0.15, 0.2) is 5.82 Å². The second-order valence-electron chi connectivity index (χ2n) is 4.65. The average molecular weight is 218 g/mol. The van der Waals surface area contributed by atoms with Crippen LogP contribution in [0.4, 0.5) is 5.82 Å². The predicted octanol–water partition coefficient (Wildman–Crippen LogP) is 0.130. The molecule has 1 aromatic heterocycles. The maximum Gasteiger partial charge on any atom is 0.245 e. The van der Waals surface area contributed by atoms with Gasteiger partial charge in [0.1, 0.15) is 0 Å². The first kappa shape index (κ1) is 9.72. The van der Waals surface area contributed by atoms with E-state index in [1.165, 1.54) is 4.90 Å². The SMILES string of the molecule is C[C@@H]1C2C(N)C(=O)N(C)c3nccnc3[C@@H]21. The maximum absolute atomic E-state index is 12.0. The lowest BCUT2D eigenvalue weighted by atomic mass is 10.1. The van der Waals surface area contributed by atoms with Crippen molar-refractivity contribution in [2.24, 2.45) is 17.6 Å². The fourth-order valence-corrected chi connectivity index (χ4v) is 2.80. The summed E-state index contributed by atoms with van der Waals surface area (Å²) in [6, 6.07) is -0.416. The molecule has 4 atom stereocenters. The molecule has 5 heteroatoms. The van der Waals surface area contributed by atoms with Crippen molar-refractivity contribution >= 4 is 11.7 Å². The quantitative estimate of drug-likeness (QED) is 0.671. The molecule has 0 radical (unpaired) electrons. The van der Waals surface area contributed by atoms with Crippen molar-refractivity contribution in [1.29, 1.82) is 0 Å². The molecule has 84 valence electrons. The molecule has 1 amide bonds. The van der Waals surface area contributed by atoms with Crippen molar-refractivity contribution in [3.8, 4) is 0 Å². The van der Waals surface area contributed by atoms with E-state index < -0.39 is 6.04 Å². The van der Waals surface area contributed by atoms with Crippen LogP contribution in [-0.2, 0) is 4.79 Å². The van der Waals surface area contributed by atoms with E-state index in [0.29, 0.717) is 17.7 Å². The number of rotatable bonds is 0. The van der Waals surface area contributed by atoms with Crippen LogP contribution in [0.15, 0.2) is 12.4 Å². The van der Waals surface area contributed by atoms with Gasteiger partial charge in [-0.05, 0) is 11.8 Å². The van der Waals surface area contributed by atoms with Crippen LogP contribution in [0.2, 0.25) is 0 Å². The van der Waals surface area contributed by atoms with Crippen LogP contribution in [-0.4, -0.2) is 29.0 Å². The van der Waals surface area contributed by atoms with Gasteiger partial charge in [-0.3, -0.25) is 14.7 Å². The van der Waals surface area contributed by atoms with Gasteiger partial charge in [-0.1, -0.05) is 6.92 Å². The highest BCUT2D eigenvalue weighted by Gasteiger charge is 2.57. The topological polar surface area (TPSA) is 72.1 Å². The summed E-state index contributed by atoms with van der Waals surface area (Å²) in [5, 5.41) is 0. The smallest absolute Gasteiger partial charge is 0.245 e. The van der Waals surface area contributed by atoms with Crippen molar-refractivity contribution in [1.82, 2.24) is 9.97 Å². The number of hydrogen-bond acceptors (Lipinski definition) is 4. The highest BCUT2D eigenvalue weighted by molar-refractivity contribution is 5.98. The third kappa shape index (κ3) is 1.06. The first-order valence-electron chi connectivity index (χ1n) is 5.47. The molecule has 3 rings (SSSR count). The Bertz CT molecular complexity index is 461. The van der Waals surface area contributed by atoms with E-state index in [1.807, 2.05) is 0 Å². The number of carbonyl (C=O) groups excluding carboxylic acids is 1. The summed E-state index contributed by atoms with van der Waals surface area (Å²) in [6.07, 6.45) is 3.29. The number of nitrogens with two attached hydrogens (primary N) is 1. The van der Waals surface area contributed by atoms with Gasteiger partial charge in [-0.2, -0.15) is 0 Å². The van der Waals surface area contributed by atoms with Gasteiger partial charge in [0.05, 0.1) is 11.7 Å². The number of amides is 1. The summed E-state index contributed by atoms with van der Waals surface area (Å²) in [5.74, 6) is 1.57. The minimum atomic E-state index is -0.416. The summed E-state index contributed by atoms with van der Waals surface area (Å²) < 4.78 is 0. The van der Waals surface area contributed by atoms with Crippen LogP contribution in [0, 0.1) is 11.8 Å². The van der Waals surface area contributed by atoms with Gasteiger partial charge < -0.3 is 5.73 Å². The minimum Gasteiger partial charge on any atom is -0.320 e. The summed E-state index contributed by atoms with van der Waals surface area (Å²) in [7, 11) is 1.71. The van der Waals surface area contributed by atoms with Gasteiger partial charge in [0, 0.05) is 25.4 Å². The summed E-state index contributed by atoms with van der Waals surface area (Å²) in [6.45, 7) is 2.12. The van der Waals surface area contributed by atoms with E-state index in [4.69, 9.17) is 5.73 Å². The average Bonchev–Trinajstić information content (AvgIpc) is 2.98. The van der Waals surface area contributed by atoms with Gasteiger partial charge >= 0.3 is 0 Å². The Labute approximate surface area is 93.7 Å². The number of likely N-dealkylation sites (N-methyl/N-ethyl adjacent to an activating group) is 1. The van der Waals surface area contributed by atoms with Gasteiger partial charge in [-0.25, -0.2) is 4.98 Å². The van der Waals surface area contributed by atoms with Gasteiger partial charge in [0.25, 0.3) is 0 Å². The molecule has 0 saturated heterocycles. The molecule has 1 aliphatic carbocycles. The van der Waals surface area contributed by atoms with Crippen molar-refractivity contribution < 1.29 is 4.79 Å². The van der Waals surface area contributed by atoms with Crippen LogP contribution >= 0.6 is 0 Å². The Balaban J connectivity index is 2.15. The first-order chi connectivity index (χ1) is 7.63. The van der Waals surface area contributed by atoms with E-state index in [0.717, 1.165) is 5.69 Å². The van der Waals surface area contributed by atoms with Crippen LogP contribution in [0.25, 0.3) is 0 Å². The molecule has 1 aromatic rings. The van der Waals surface area contributed by atoms with E-state index in [2.05, 4.69) is 16.9 Å². The van der Waals surface area contributed by atoms with Crippen LogP contribution in [0.5, 0.6) is 0 Å². The van der Waals surface area contributed by atoms with Gasteiger partial charge in [0.2, 0.25) is 5.91 Å². The highest BCUT2D eigenvalue weighted by atomic mass is 16.2. The number of anilines is 1. The summed E-state index contributed by atoms with van der Waals surface area (Å²) in [4.78, 5) is 22.2. The normalized spacial score (nSPS) is 36.4. The number of hydrogen-bond donors (Lipinski definition) is 1. The molecule has 5 nitrogen and oxygen atoms in total. The number of carbonyl (C=O) groups is 1. The zero-order valence-electron chi connectivity index (χ0n) is 9.29. The van der Waals surface area contributed by atoms with E-state index in [9.17, 15) is 4.79 Å². The van der Waals surface area contributed by atoms with E-state index >= 15 is 0 Å². The lowest BCUT2D eigenvalue weighted by Gasteiger charge is -2.19. The number of aromatic nitrogens is 2. The summed E-state index contributed by atoms with van der Waals surface area (Å²) in [5.41, 5.74) is 6.90. The second-order valence-corrected chi connectivity index (χ2v) is 4.65. The van der Waals surface area contributed by atoms with Crippen molar-refractivity contribution in [2.75, 3.05) is 11.9 Å². The Morgan fingerprint density at radius 3 is 2.81 bits per heavy atom. The van der Waals surface area contributed by atoms with Crippen molar-refractivity contribution in [3.63, 3.8) is 0 Å². The zero-order valence-corrected chi connectivity index (χ0v) is 9.29. The number of fused-ring (bicyclic) bond motifs is 3. The molecule has 16 heavy (non-hydrogen) atoms. The monoisotopic (exact) mass is 218 g/mol. The molecular weight excluding hydrogens is 204 g/mol. The molecule has 2 aliphatic rings. The van der Waals surface area contributed by atoms with Crippen LogP contribution in [0.1, 0.15) is 18.5 Å². The molecule has 1 fully saturated rings. The van der Waals surface area contributed by atoms with E-state index in [-0.39, 0.29) is 11.8 Å². The van der Waals surface area contributed by atoms with Crippen LogP contribution in [0.3, 0.4) is 0 Å². The van der Waals surface area contributed by atoms with Crippen molar-refractivity contribution in [3.05, 3.63) is 18.1 Å². The Morgan fingerprint density at radius 1 is 1.38 bits per heavy atom. The largest absolute Gasteiger partial charge is 0.320 e. The first-order valence-corrected chi connectivity index (χ1v) is 5.47. The fraction of sp³-hybridized carbons (Fsp3) is 0.545. The minimum absolute atomic E-state index is 0.0569. The molecule has 1 saturated carbocycles.